The highest BCUT2D eigenvalue weighted by Crippen LogP contribution is 2.36. The Morgan fingerprint density at radius 1 is 1.52 bits per heavy atom. The van der Waals surface area contributed by atoms with E-state index in [4.69, 9.17) is 22.1 Å². The van der Waals surface area contributed by atoms with Gasteiger partial charge in [-0.1, -0.05) is 31.4 Å². The van der Waals surface area contributed by atoms with Crippen molar-refractivity contribution in [3.63, 3.8) is 0 Å². The molecule has 1 fully saturated rings. The second-order valence-corrected chi connectivity index (χ2v) is 6.58. The summed E-state index contributed by atoms with van der Waals surface area (Å²) in [7, 11) is 1.48. The molecule has 1 aromatic rings. The van der Waals surface area contributed by atoms with Gasteiger partial charge in [-0.25, -0.2) is 0 Å². The standard InChI is InChI=1S/C16H23ClN2O3.ClH/c1-16(6-4-3-5-14(16)20)9-19-15(21)10-7-11(17)12(18)8-13(10)22-2;/h7-8,14,20H,3-6,9,18H2,1-2H3,(H,19,21);1H. The van der Waals surface area contributed by atoms with Crippen molar-refractivity contribution in [2.45, 2.75) is 38.7 Å². The quantitative estimate of drug-likeness (QED) is 0.718. The Morgan fingerprint density at radius 3 is 2.83 bits per heavy atom. The van der Waals surface area contributed by atoms with E-state index in [1.165, 1.54) is 19.2 Å². The molecule has 23 heavy (non-hydrogen) atoms. The molecule has 0 aliphatic heterocycles. The van der Waals surface area contributed by atoms with Gasteiger partial charge in [-0.15, -0.1) is 12.4 Å². The molecule has 0 radical (unpaired) electrons. The van der Waals surface area contributed by atoms with Crippen LogP contribution in [0, 0.1) is 5.41 Å². The molecule has 1 saturated carbocycles. The van der Waals surface area contributed by atoms with Crippen LogP contribution in [0.4, 0.5) is 5.69 Å². The minimum Gasteiger partial charge on any atom is -0.496 e. The van der Waals surface area contributed by atoms with Crippen LogP contribution >= 0.6 is 24.0 Å². The summed E-state index contributed by atoms with van der Waals surface area (Å²) < 4.78 is 5.19. The lowest BCUT2D eigenvalue weighted by atomic mass is 9.73. The first-order valence-corrected chi connectivity index (χ1v) is 7.84. The summed E-state index contributed by atoms with van der Waals surface area (Å²) in [6.07, 6.45) is 3.39. The number of anilines is 1. The molecule has 2 atom stereocenters. The molecule has 1 amide bonds. The van der Waals surface area contributed by atoms with Gasteiger partial charge in [0.05, 0.1) is 29.5 Å². The molecule has 2 rings (SSSR count). The molecule has 2 unspecified atom stereocenters. The Bertz CT molecular complexity index is 569. The molecule has 4 N–H and O–H groups in total. The van der Waals surface area contributed by atoms with E-state index >= 15 is 0 Å². The zero-order valence-electron chi connectivity index (χ0n) is 13.4. The maximum atomic E-state index is 12.4. The Morgan fingerprint density at radius 2 is 2.22 bits per heavy atom. The van der Waals surface area contributed by atoms with Gasteiger partial charge in [-0.2, -0.15) is 0 Å². The number of amides is 1. The van der Waals surface area contributed by atoms with Crippen LogP contribution in [0.1, 0.15) is 43.0 Å². The third-order valence-corrected chi connectivity index (χ3v) is 4.82. The summed E-state index contributed by atoms with van der Waals surface area (Å²) in [5.74, 6) is 0.103. The number of carbonyl (C=O) groups excluding carboxylic acids is 1. The number of aliphatic hydroxyl groups is 1. The molecule has 0 saturated heterocycles. The molecule has 5 nitrogen and oxygen atoms in total. The molecular formula is C16H24Cl2N2O3. The first kappa shape index (κ1) is 19.9. The predicted molar refractivity (Wildman–Crippen MR) is 94.6 cm³/mol. The zero-order valence-corrected chi connectivity index (χ0v) is 15.0. The van der Waals surface area contributed by atoms with Crippen molar-refractivity contribution in [2.75, 3.05) is 19.4 Å². The van der Waals surface area contributed by atoms with Gasteiger partial charge >= 0.3 is 0 Å². The van der Waals surface area contributed by atoms with Crippen LogP contribution in [-0.4, -0.2) is 30.8 Å². The van der Waals surface area contributed by atoms with Crippen molar-refractivity contribution in [1.82, 2.24) is 5.32 Å². The number of carbonyl (C=O) groups is 1. The maximum Gasteiger partial charge on any atom is 0.255 e. The zero-order chi connectivity index (χ0) is 16.3. The van der Waals surface area contributed by atoms with Crippen LogP contribution in [0.2, 0.25) is 5.02 Å². The SMILES string of the molecule is COc1cc(N)c(Cl)cc1C(=O)NCC1(C)CCCCC1O.Cl. The molecule has 0 bridgehead atoms. The third kappa shape index (κ3) is 4.43. The minimum absolute atomic E-state index is 0. The number of aliphatic hydroxyl groups excluding tert-OH is 1. The van der Waals surface area contributed by atoms with Gasteiger partial charge in [-0.3, -0.25) is 4.79 Å². The van der Waals surface area contributed by atoms with Crippen LogP contribution in [0.5, 0.6) is 5.75 Å². The molecule has 1 aliphatic carbocycles. The molecule has 0 aromatic heterocycles. The van der Waals surface area contributed by atoms with Gasteiger partial charge in [-0.05, 0) is 18.9 Å². The summed E-state index contributed by atoms with van der Waals surface area (Å²) in [5.41, 5.74) is 6.13. The van der Waals surface area contributed by atoms with Gasteiger partial charge < -0.3 is 20.9 Å². The van der Waals surface area contributed by atoms with E-state index in [-0.39, 0.29) is 23.7 Å². The van der Waals surface area contributed by atoms with Gasteiger partial charge in [0.2, 0.25) is 0 Å². The topological polar surface area (TPSA) is 84.6 Å². The summed E-state index contributed by atoms with van der Waals surface area (Å²) >= 11 is 5.99. The van der Waals surface area contributed by atoms with Gasteiger partial charge in [0.15, 0.2) is 0 Å². The highest BCUT2D eigenvalue weighted by molar-refractivity contribution is 6.33. The van der Waals surface area contributed by atoms with Crippen molar-refractivity contribution in [1.29, 1.82) is 0 Å². The minimum atomic E-state index is -0.390. The third-order valence-electron chi connectivity index (χ3n) is 4.50. The van der Waals surface area contributed by atoms with Crippen molar-refractivity contribution >= 4 is 35.6 Å². The monoisotopic (exact) mass is 362 g/mol. The Hall–Kier alpha value is -1.17. The second kappa shape index (κ2) is 8.08. The molecule has 130 valence electrons. The summed E-state index contributed by atoms with van der Waals surface area (Å²) in [6.45, 7) is 2.42. The van der Waals surface area contributed by atoms with E-state index in [1.54, 1.807) is 0 Å². The van der Waals surface area contributed by atoms with E-state index in [0.717, 1.165) is 25.7 Å². The van der Waals surface area contributed by atoms with Crippen molar-refractivity contribution in [3.8, 4) is 5.75 Å². The Kier molecular flexibility index (Phi) is 6.99. The molecular weight excluding hydrogens is 339 g/mol. The van der Waals surface area contributed by atoms with Gasteiger partial charge in [0, 0.05) is 18.0 Å². The fraction of sp³-hybridized carbons (Fsp3) is 0.562. The van der Waals surface area contributed by atoms with Gasteiger partial charge in [0.25, 0.3) is 5.91 Å². The number of hydrogen-bond donors (Lipinski definition) is 3. The summed E-state index contributed by atoms with van der Waals surface area (Å²) in [4.78, 5) is 12.4. The largest absolute Gasteiger partial charge is 0.496 e. The van der Waals surface area contributed by atoms with Crippen molar-refractivity contribution < 1.29 is 14.6 Å². The van der Waals surface area contributed by atoms with Crippen LogP contribution < -0.4 is 15.8 Å². The first-order valence-electron chi connectivity index (χ1n) is 7.46. The first-order chi connectivity index (χ1) is 10.4. The Balaban J connectivity index is 0.00000264. The fourth-order valence-electron chi connectivity index (χ4n) is 2.88. The number of nitrogens with one attached hydrogen (secondary N) is 1. The predicted octanol–water partition coefficient (Wildman–Crippen LogP) is 3.02. The highest BCUT2D eigenvalue weighted by Gasteiger charge is 2.35. The van der Waals surface area contributed by atoms with Crippen LogP contribution in [0.25, 0.3) is 0 Å². The van der Waals surface area contributed by atoms with E-state index in [9.17, 15) is 9.90 Å². The van der Waals surface area contributed by atoms with Gasteiger partial charge in [0.1, 0.15) is 5.75 Å². The second-order valence-electron chi connectivity index (χ2n) is 6.17. The maximum absolute atomic E-state index is 12.4. The summed E-state index contributed by atoms with van der Waals surface area (Å²) in [6, 6.07) is 3.04. The van der Waals surface area contributed by atoms with Crippen LogP contribution in [-0.2, 0) is 0 Å². The molecule has 0 heterocycles. The molecule has 1 aromatic carbocycles. The average molecular weight is 363 g/mol. The van der Waals surface area contributed by atoms with Crippen LogP contribution in [0.15, 0.2) is 12.1 Å². The number of ether oxygens (including phenoxy) is 1. The van der Waals surface area contributed by atoms with E-state index in [1.807, 2.05) is 6.92 Å². The number of halogens is 2. The highest BCUT2D eigenvalue weighted by atomic mass is 35.5. The van der Waals surface area contributed by atoms with E-state index < -0.39 is 6.10 Å². The van der Waals surface area contributed by atoms with E-state index in [0.29, 0.717) is 28.6 Å². The Labute approximate surface area is 147 Å². The van der Waals surface area contributed by atoms with Crippen molar-refractivity contribution in [3.05, 3.63) is 22.7 Å². The molecule has 0 spiro atoms. The number of benzene rings is 1. The number of rotatable bonds is 4. The molecule has 1 aliphatic rings. The van der Waals surface area contributed by atoms with Crippen molar-refractivity contribution in [2.24, 2.45) is 5.41 Å². The lowest BCUT2D eigenvalue weighted by molar-refractivity contribution is 0.00189. The smallest absolute Gasteiger partial charge is 0.255 e. The van der Waals surface area contributed by atoms with Crippen LogP contribution in [0.3, 0.4) is 0 Å². The number of hydrogen-bond acceptors (Lipinski definition) is 4. The number of nitrogens with two attached hydrogens (primary N) is 1. The average Bonchev–Trinajstić information content (AvgIpc) is 2.50. The van der Waals surface area contributed by atoms with E-state index in [2.05, 4.69) is 5.32 Å². The number of methoxy groups -OCH3 is 1. The lowest BCUT2D eigenvalue weighted by Gasteiger charge is -2.38. The lowest BCUT2D eigenvalue weighted by Crippen LogP contribution is -2.45. The number of nitrogen functional groups attached to an aromatic ring is 1. The summed E-state index contributed by atoms with van der Waals surface area (Å²) in [5, 5.41) is 13.4. The fourth-order valence-corrected chi connectivity index (χ4v) is 3.04. The normalized spacial score (nSPS) is 23.7. The molecule has 7 heteroatoms.